The molecule has 0 aliphatic carbocycles. The van der Waals surface area contributed by atoms with E-state index >= 15 is 0 Å². The van der Waals surface area contributed by atoms with Crippen LogP contribution in [0.15, 0.2) is 18.2 Å². The van der Waals surface area contributed by atoms with Crippen LogP contribution in [0, 0.1) is 11.7 Å². The Kier molecular flexibility index (Phi) is 4.19. The molecule has 0 radical (unpaired) electrons. The van der Waals surface area contributed by atoms with Gasteiger partial charge in [-0.05, 0) is 36.1 Å². The van der Waals surface area contributed by atoms with Crippen molar-refractivity contribution in [3.63, 3.8) is 0 Å². The molecule has 1 aromatic rings. The van der Waals surface area contributed by atoms with Crippen LogP contribution in [0.1, 0.15) is 18.9 Å². The molecule has 2 unspecified atom stereocenters. The van der Waals surface area contributed by atoms with Crippen LogP contribution in [0.5, 0.6) is 0 Å². The van der Waals surface area contributed by atoms with Gasteiger partial charge in [0.15, 0.2) is 0 Å². The Morgan fingerprint density at radius 2 is 2.22 bits per heavy atom. The molecule has 0 aromatic heterocycles. The van der Waals surface area contributed by atoms with E-state index in [1.54, 1.807) is 7.11 Å². The Labute approximate surface area is 107 Å². The van der Waals surface area contributed by atoms with E-state index in [9.17, 15) is 4.39 Å². The fourth-order valence-corrected chi connectivity index (χ4v) is 2.48. The van der Waals surface area contributed by atoms with Crippen LogP contribution in [0.4, 0.5) is 10.1 Å². The van der Waals surface area contributed by atoms with Crippen LogP contribution >= 0.6 is 0 Å². The van der Waals surface area contributed by atoms with Gasteiger partial charge in [-0.2, -0.15) is 0 Å². The standard InChI is InChI=1S/C14H20FNO2/c1-10-3-4-16(8-14(10)18-2)13-6-11(9-17)5-12(15)7-13/h5-7,10,14,17H,3-4,8-9H2,1-2H3. The van der Waals surface area contributed by atoms with Crippen LogP contribution < -0.4 is 4.90 Å². The smallest absolute Gasteiger partial charge is 0.125 e. The molecule has 1 aromatic carbocycles. The first kappa shape index (κ1) is 13.3. The number of halogens is 1. The molecule has 1 aliphatic heterocycles. The molecule has 2 atom stereocenters. The van der Waals surface area contributed by atoms with Crippen molar-refractivity contribution in [3.05, 3.63) is 29.6 Å². The summed E-state index contributed by atoms with van der Waals surface area (Å²) < 4.78 is 18.9. The lowest BCUT2D eigenvalue weighted by molar-refractivity contribution is 0.0498. The fourth-order valence-electron chi connectivity index (χ4n) is 2.48. The SMILES string of the molecule is COC1CN(c2cc(F)cc(CO)c2)CCC1C. The van der Waals surface area contributed by atoms with E-state index in [0.29, 0.717) is 11.5 Å². The molecule has 1 heterocycles. The molecule has 1 fully saturated rings. The van der Waals surface area contributed by atoms with Gasteiger partial charge >= 0.3 is 0 Å². The summed E-state index contributed by atoms with van der Waals surface area (Å²) in [7, 11) is 1.72. The lowest BCUT2D eigenvalue weighted by Gasteiger charge is -2.37. The van der Waals surface area contributed by atoms with Gasteiger partial charge in [-0.3, -0.25) is 0 Å². The third-order valence-electron chi connectivity index (χ3n) is 3.68. The lowest BCUT2D eigenvalue weighted by atomic mass is 9.95. The predicted octanol–water partition coefficient (Wildman–Crippen LogP) is 2.18. The number of anilines is 1. The van der Waals surface area contributed by atoms with Crippen LogP contribution in [-0.2, 0) is 11.3 Å². The van der Waals surface area contributed by atoms with Crippen molar-refractivity contribution in [1.82, 2.24) is 0 Å². The van der Waals surface area contributed by atoms with E-state index in [2.05, 4.69) is 11.8 Å². The molecule has 3 nitrogen and oxygen atoms in total. The molecule has 0 saturated carbocycles. The van der Waals surface area contributed by atoms with Crippen molar-refractivity contribution in [1.29, 1.82) is 0 Å². The first-order valence-corrected chi connectivity index (χ1v) is 6.32. The first-order valence-electron chi connectivity index (χ1n) is 6.32. The second-order valence-corrected chi connectivity index (χ2v) is 4.96. The maximum absolute atomic E-state index is 13.5. The zero-order valence-electron chi connectivity index (χ0n) is 10.9. The topological polar surface area (TPSA) is 32.7 Å². The third kappa shape index (κ3) is 2.82. The van der Waals surface area contributed by atoms with Crippen molar-refractivity contribution in [2.24, 2.45) is 5.92 Å². The highest BCUT2D eigenvalue weighted by atomic mass is 19.1. The molecule has 0 amide bonds. The molecule has 2 rings (SSSR count). The number of rotatable bonds is 3. The number of hydrogen-bond acceptors (Lipinski definition) is 3. The average molecular weight is 253 g/mol. The van der Waals surface area contributed by atoms with Gasteiger partial charge in [-0.1, -0.05) is 6.92 Å². The number of piperidine rings is 1. The van der Waals surface area contributed by atoms with Crippen molar-refractivity contribution in [2.45, 2.75) is 26.1 Å². The van der Waals surface area contributed by atoms with Crippen LogP contribution in [-0.4, -0.2) is 31.4 Å². The molecular weight excluding hydrogens is 233 g/mol. The van der Waals surface area contributed by atoms with Gasteiger partial charge < -0.3 is 14.7 Å². The Morgan fingerprint density at radius 1 is 1.44 bits per heavy atom. The minimum atomic E-state index is -0.302. The zero-order valence-corrected chi connectivity index (χ0v) is 10.9. The molecule has 1 aliphatic rings. The molecule has 1 saturated heterocycles. The van der Waals surface area contributed by atoms with E-state index in [0.717, 1.165) is 25.2 Å². The van der Waals surface area contributed by atoms with E-state index in [-0.39, 0.29) is 18.5 Å². The second kappa shape index (κ2) is 5.67. The van der Waals surface area contributed by atoms with Gasteiger partial charge in [0.05, 0.1) is 12.7 Å². The highest BCUT2D eigenvalue weighted by Crippen LogP contribution is 2.26. The summed E-state index contributed by atoms with van der Waals surface area (Å²) in [6.45, 7) is 3.71. The minimum absolute atomic E-state index is 0.136. The number of hydrogen-bond donors (Lipinski definition) is 1. The van der Waals surface area contributed by atoms with E-state index in [4.69, 9.17) is 9.84 Å². The van der Waals surface area contributed by atoms with Crippen molar-refractivity contribution in [3.8, 4) is 0 Å². The van der Waals surface area contributed by atoms with Crippen LogP contribution in [0.2, 0.25) is 0 Å². The van der Waals surface area contributed by atoms with Gasteiger partial charge in [0.25, 0.3) is 0 Å². The molecule has 1 N–H and O–H groups in total. The summed E-state index contributed by atoms with van der Waals surface area (Å²) in [5, 5.41) is 9.12. The van der Waals surface area contributed by atoms with Gasteiger partial charge in [-0.25, -0.2) is 4.39 Å². The van der Waals surface area contributed by atoms with Crippen molar-refractivity contribution in [2.75, 3.05) is 25.1 Å². The molecule has 18 heavy (non-hydrogen) atoms. The minimum Gasteiger partial charge on any atom is -0.392 e. The van der Waals surface area contributed by atoms with Crippen LogP contribution in [0.25, 0.3) is 0 Å². The van der Waals surface area contributed by atoms with Gasteiger partial charge in [-0.15, -0.1) is 0 Å². The molecule has 0 bridgehead atoms. The highest BCUT2D eigenvalue weighted by Gasteiger charge is 2.26. The number of aliphatic hydroxyl groups is 1. The summed E-state index contributed by atoms with van der Waals surface area (Å²) >= 11 is 0. The Bertz CT molecular complexity index is 411. The van der Waals surface area contributed by atoms with Crippen LogP contribution in [0.3, 0.4) is 0 Å². The summed E-state index contributed by atoms with van der Waals surface area (Å²) in [4.78, 5) is 2.12. The number of methoxy groups -OCH3 is 1. The number of ether oxygens (including phenoxy) is 1. The highest BCUT2D eigenvalue weighted by molar-refractivity contribution is 5.49. The van der Waals surface area contributed by atoms with E-state index in [1.165, 1.54) is 12.1 Å². The summed E-state index contributed by atoms with van der Waals surface area (Å²) in [5.74, 6) is 0.223. The van der Waals surface area contributed by atoms with E-state index < -0.39 is 0 Å². The summed E-state index contributed by atoms with van der Waals surface area (Å²) in [6, 6.07) is 4.72. The maximum Gasteiger partial charge on any atom is 0.125 e. The van der Waals surface area contributed by atoms with Gasteiger partial charge in [0.1, 0.15) is 5.82 Å². The van der Waals surface area contributed by atoms with Gasteiger partial charge in [0.2, 0.25) is 0 Å². The fraction of sp³-hybridized carbons (Fsp3) is 0.571. The number of aliphatic hydroxyl groups excluding tert-OH is 1. The molecule has 100 valence electrons. The average Bonchev–Trinajstić information content (AvgIpc) is 2.38. The monoisotopic (exact) mass is 253 g/mol. The van der Waals surface area contributed by atoms with Gasteiger partial charge in [0, 0.05) is 25.9 Å². The Balaban J connectivity index is 2.18. The Morgan fingerprint density at radius 3 is 2.89 bits per heavy atom. The van der Waals surface area contributed by atoms with Crippen molar-refractivity contribution >= 4 is 5.69 Å². The maximum atomic E-state index is 13.5. The molecule has 4 heteroatoms. The number of nitrogens with zero attached hydrogens (tertiary/aromatic N) is 1. The second-order valence-electron chi connectivity index (χ2n) is 4.96. The van der Waals surface area contributed by atoms with E-state index in [1.807, 2.05) is 6.07 Å². The molecule has 0 spiro atoms. The molecular formula is C14H20FNO2. The zero-order chi connectivity index (χ0) is 13.1. The quantitative estimate of drug-likeness (QED) is 0.896. The first-order chi connectivity index (χ1) is 8.63. The summed E-state index contributed by atoms with van der Waals surface area (Å²) in [5.41, 5.74) is 1.44. The Hall–Kier alpha value is -1.13. The number of benzene rings is 1. The lowest BCUT2D eigenvalue weighted by Crippen LogP contribution is -2.44. The normalized spacial score (nSPS) is 24.3. The predicted molar refractivity (Wildman–Crippen MR) is 69.1 cm³/mol. The largest absolute Gasteiger partial charge is 0.392 e. The third-order valence-corrected chi connectivity index (χ3v) is 3.68. The summed E-state index contributed by atoms with van der Waals surface area (Å²) in [6.07, 6.45) is 1.21. The van der Waals surface area contributed by atoms with Crippen molar-refractivity contribution < 1.29 is 14.2 Å².